The van der Waals surface area contributed by atoms with Crippen LogP contribution < -0.4 is 5.32 Å². The normalized spacial score (nSPS) is 20.8. The quantitative estimate of drug-likeness (QED) is 0.548. The molecule has 0 bridgehead atoms. The first-order chi connectivity index (χ1) is 16.9. The van der Waals surface area contributed by atoms with Crippen LogP contribution in [0.3, 0.4) is 0 Å². The van der Waals surface area contributed by atoms with Gasteiger partial charge in [0, 0.05) is 6.92 Å². The molecule has 1 aliphatic heterocycles. The lowest BCUT2D eigenvalue weighted by molar-refractivity contribution is -0.211. The molecule has 2 N–H and O–H groups in total. The van der Waals surface area contributed by atoms with Gasteiger partial charge in [0.15, 0.2) is 6.29 Å². The van der Waals surface area contributed by atoms with Gasteiger partial charge in [0.2, 0.25) is 5.91 Å². The number of nitrogens with zero attached hydrogens (tertiary/aromatic N) is 1. The van der Waals surface area contributed by atoms with Crippen molar-refractivity contribution in [2.75, 3.05) is 19.8 Å². The van der Waals surface area contributed by atoms with Crippen LogP contribution in [-0.4, -0.2) is 71.8 Å². The summed E-state index contributed by atoms with van der Waals surface area (Å²) < 4.78 is 56.8. The Labute approximate surface area is 216 Å². The highest BCUT2D eigenvalue weighted by Crippen LogP contribution is 2.30. The van der Waals surface area contributed by atoms with Crippen LogP contribution in [-0.2, 0) is 31.6 Å². The number of aliphatic hydroxyl groups is 1. The van der Waals surface area contributed by atoms with Crippen molar-refractivity contribution < 1.29 is 42.1 Å². The molecule has 1 heterocycles. The molecule has 2 amide bonds. The summed E-state index contributed by atoms with van der Waals surface area (Å²) in [6.45, 7) is 12.5. The second-order valence-corrected chi connectivity index (χ2v) is 11.5. The monoisotopic (exact) mass is 532 g/mol. The minimum Gasteiger partial charge on any atom is -0.444 e. The topological polar surface area (TPSA) is 97.3 Å². The van der Waals surface area contributed by atoms with Crippen molar-refractivity contribution in [3.63, 3.8) is 0 Å². The number of alkyl halides is 3. The molecule has 8 nitrogen and oxygen atoms in total. The number of aliphatic hydroxyl groups excluding tert-OH is 1. The van der Waals surface area contributed by atoms with Crippen molar-refractivity contribution in [2.24, 2.45) is 5.41 Å². The van der Waals surface area contributed by atoms with Crippen molar-refractivity contribution in [1.82, 2.24) is 10.2 Å². The van der Waals surface area contributed by atoms with Crippen LogP contribution in [0.1, 0.15) is 59.6 Å². The largest absolute Gasteiger partial charge is 0.444 e. The molecule has 1 aliphatic rings. The number of amides is 2. The molecule has 4 atom stereocenters. The molecule has 0 unspecified atom stereocenters. The van der Waals surface area contributed by atoms with Gasteiger partial charge in [-0.15, -0.1) is 0 Å². The molecule has 37 heavy (non-hydrogen) atoms. The van der Waals surface area contributed by atoms with Crippen LogP contribution >= 0.6 is 0 Å². The fourth-order valence-electron chi connectivity index (χ4n) is 3.82. The zero-order valence-electron chi connectivity index (χ0n) is 22.5. The Morgan fingerprint density at radius 3 is 2.38 bits per heavy atom. The molecule has 0 aromatic heterocycles. The molecule has 210 valence electrons. The molecule has 11 heteroatoms. The number of carbonyl (C=O) groups excluding carboxylic acids is 2. The third kappa shape index (κ3) is 10.1. The molecule has 1 fully saturated rings. The Kier molecular flexibility index (Phi) is 10.0. The van der Waals surface area contributed by atoms with E-state index in [1.165, 1.54) is 24.0 Å². The summed E-state index contributed by atoms with van der Waals surface area (Å²) in [6, 6.07) is 2.71. The van der Waals surface area contributed by atoms with E-state index in [2.05, 4.69) is 5.32 Å². The van der Waals surface area contributed by atoms with Gasteiger partial charge in [-0.3, -0.25) is 9.69 Å². The zero-order valence-corrected chi connectivity index (χ0v) is 22.5. The molecular formula is C26H39F3N2O6. The summed E-state index contributed by atoms with van der Waals surface area (Å²) >= 11 is 0. The van der Waals surface area contributed by atoms with Gasteiger partial charge in [0.25, 0.3) is 0 Å². The number of halogens is 3. The Bertz CT molecular complexity index is 926. The number of nitrogens with one attached hydrogen (secondary N) is 1. The molecule has 1 saturated heterocycles. The fourth-order valence-corrected chi connectivity index (χ4v) is 3.82. The van der Waals surface area contributed by atoms with Crippen molar-refractivity contribution >= 4 is 12.0 Å². The number of benzene rings is 1. The molecule has 2 rings (SSSR count). The van der Waals surface area contributed by atoms with E-state index in [-0.39, 0.29) is 30.6 Å². The molecule has 0 aliphatic carbocycles. The van der Waals surface area contributed by atoms with E-state index in [1.54, 1.807) is 20.8 Å². The van der Waals surface area contributed by atoms with Gasteiger partial charge in [-0.2, -0.15) is 13.2 Å². The summed E-state index contributed by atoms with van der Waals surface area (Å²) in [5.41, 5.74) is -1.55. The number of hydrogen-bond donors (Lipinski definition) is 2. The van der Waals surface area contributed by atoms with E-state index in [1.807, 2.05) is 20.8 Å². The van der Waals surface area contributed by atoms with Gasteiger partial charge >= 0.3 is 12.3 Å². The van der Waals surface area contributed by atoms with E-state index in [0.29, 0.717) is 6.61 Å². The average Bonchev–Trinajstić information content (AvgIpc) is 2.74. The average molecular weight is 533 g/mol. The first-order valence-electron chi connectivity index (χ1n) is 12.2. The SMILES string of the molecule is CC(=O)N[C@@H](Cc1cccc(C(F)(F)F)c1)[C@H](O)[C@H]1CO[C@@H](OCC(C)(C)C)CN1C(=O)OC(C)(C)C. The lowest BCUT2D eigenvalue weighted by Gasteiger charge is -2.43. The Morgan fingerprint density at radius 2 is 1.84 bits per heavy atom. The van der Waals surface area contributed by atoms with Crippen molar-refractivity contribution in [2.45, 2.75) is 91.1 Å². The third-order valence-electron chi connectivity index (χ3n) is 5.43. The van der Waals surface area contributed by atoms with Crippen molar-refractivity contribution in [3.8, 4) is 0 Å². The first-order valence-corrected chi connectivity index (χ1v) is 12.2. The molecule has 0 radical (unpaired) electrons. The number of rotatable bonds is 7. The summed E-state index contributed by atoms with van der Waals surface area (Å²) in [5.74, 6) is -0.483. The molecule has 0 spiro atoms. The fraction of sp³-hybridized carbons (Fsp3) is 0.692. The first kappa shape index (κ1) is 30.9. The molecular weight excluding hydrogens is 493 g/mol. The van der Waals surface area contributed by atoms with Crippen molar-refractivity contribution in [1.29, 1.82) is 0 Å². The van der Waals surface area contributed by atoms with E-state index < -0.39 is 53.8 Å². The summed E-state index contributed by atoms with van der Waals surface area (Å²) in [6.07, 6.45) is -7.49. The third-order valence-corrected chi connectivity index (χ3v) is 5.43. The van der Waals surface area contributed by atoms with Crippen molar-refractivity contribution in [3.05, 3.63) is 35.4 Å². The maximum Gasteiger partial charge on any atom is 0.416 e. The number of hydrogen-bond acceptors (Lipinski definition) is 6. The van der Waals surface area contributed by atoms with E-state index in [4.69, 9.17) is 14.2 Å². The van der Waals surface area contributed by atoms with Crippen LogP contribution in [0, 0.1) is 5.41 Å². The van der Waals surface area contributed by atoms with Gasteiger partial charge in [0.1, 0.15) is 5.60 Å². The lowest BCUT2D eigenvalue weighted by Crippen LogP contribution is -2.62. The number of ether oxygens (including phenoxy) is 3. The Balaban J connectivity index is 2.31. The summed E-state index contributed by atoms with van der Waals surface area (Å²) in [5, 5.41) is 13.9. The van der Waals surface area contributed by atoms with Crippen LogP contribution in [0.25, 0.3) is 0 Å². The number of morpholine rings is 1. The Morgan fingerprint density at radius 1 is 1.19 bits per heavy atom. The summed E-state index contributed by atoms with van der Waals surface area (Å²) in [7, 11) is 0. The minimum atomic E-state index is -4.54. The van der Waals surface area contributed by atoms with E-state index >= 15 is 0 Å². The Hall–Kier alpha value is -2.37. The standard InChI is InChI=1S/C26H39F3N2O6/c1-16(32)30-19(12-17-9-8-10-18(11-17)26(27,28)29)22(33)20-14-35-21(36-15-24(2,3)4)13-31(20)23(34)37-25(5,6)7/h8-11,19-22,33H,12-15H2,1-7H3,(H,30,32)/t19-,20+,21-,22-/m0/s1. The van der Waals surface area contributed by atoms with E-state index in [9.17, 15) is 27.9 Å². The van der Waals surface area contributed by atoms with Crippen LogP contribution in [0.5, 0.6) is 0 Å². The highest BCUT2D eigenvalue weighted by Gasteiger charge is 2.42. The molecule has 0 saturated carbocycles. The van der Waals surface area contributed by atoms with Crippen LogP contribution in [0.15, 0.2) is 24.3 Å². The van der Waals surface area contributed by atoms with Crippen LogP contribution in [0.2, 0.25) is 0 Å². The van der Waals surface area contributed by atoms with Gasteiger partial charge in [-0.25, -0.2) is 4.79 Å². The zero-order chi connectivity index (χ0) is 28.2. The second-order valence-electron chi connectivity index (χ2n) is 11.5. The summed E-state index contributed by atoms with van der Waals surface area (Å²) in [4.78, 5) is 26.3. The lowest BCUT2D eigenvalue weighted by atomic mass is 9.94. The molecule has 1 aromatic carbocycles. The predicted octanol–water partition coefficient (Wildman–Crippen LogP) is 4.14. The van der Waals surface area contributed by atoms with Crippen LogP contribution in [0.4, 0.5) is 18.0 Å². The van der Waals surface area contributed by atoms with Gasteiger partial charge in [-0.1, -0.05) is 39.0 Å². The van der Waals surface area contributed by atoms with Gasteiger partial charge in [-0.05, 0) is 44.2 Å². The number of carbonyl (C=O) groups is 2. The second kappa shape index (κ2) is 12.0. The predicted molar refractivity (Wildman–Crippen MR) is 131 cm³/mol. The van der Waals surface area contributed by atoms with Gasteiger partial charge < -0.3 is 24.6 Å². The highest BCUT2D eigenvalue weighted by atomic mass is 19.4. The smallest absolute Gasteiger partial charge is 0.416 e. The van der Waals surface area contributed by atoms with Gasteiger partial charge in [0.05, 0.1) is 43.5 Å². The maximum atomic E-state index is 13.2. The minimum absolute atomic E-state index is 0.0386. The maximum absolute atomic E-state index is 13.2. The molecule has 1 aromatic rings. The highest BCUT2D eigenvalue weighted by molar-refractivity contribution is 5.73. The van der Waals surface area contributed by atoms with E-state index in [0.717, 1.165) is 12.1 Å².